The number of anilines is 1. The van der Waals surface area contributed by atoms with Gasteiger partial charge >= 0.3 is 0 Å². The first kappa shape index (κ1) is 12.0. The van der Waals surface area contributed by atoms with Crippen LogP contribution in [0.4, 0.5) is 5.69 Å². The molecule has 2 aliphatic carbocycles. The molecule has 3 N–H and O–H groups in total. The maximum Gasteiger partial charge on any atom is 0.242 e. The highest BCUT2D eigenvalue weighted by molar-refractivity contribution is 7.89. The van der Waals surface area contributed by atoms with Gasteiger partial charge in [-0.15, -0.1) is 0 Å². The van der Waals surface area contributed by atoms with Gasteiger partial charge in [0.1, 0.15) is 4.90 Å². The first-order chi connectivity index (χ1) is 8.56. The molecule has 0 spiro atoms. The molecule has 1 aromatic rings. The van der Waals surface area contributed by atoms with Crippen molar-refractivity contribution in [3.8, 4) is 0 Å². The van der Waals surface area contributed by atoms with Crippen molar-refractivity contribution >= 4 is 15.7 Å². The van der Waals surface area contributed by atoms with Gasteiger partial charge in [0, 0.05) is 6.04 Å². The Balaban J connectivity index is 1.82. The van der Waals surface area contributed by atoms with Gasteiger partial charge in [-0.2, -0.15) is 0 Å². The van der Waals surface area contributed by atoms with E-state index in [4.69, 9.17) is 5.73 Å². The maximum absolute atomic E-state index is 12.3. The van der Waals surface area contributed by atoms with E-state index in [2.05, 4.69) is 4.72 Å². The number of benzene rings is 1. The van der Waals surface area contributed by atoms with Crippen LogP contribution >= 0.6 is 0 Å². The zero-order valence-electron chi connectivity index (χ0n) is 10.2. The summed E-state index contributed by atoms with van der Waals surface area (Å²) in [5.74, 6) is 1.24. The molecule has 98 valence electrons. The van der Waals surface area contributed by atoms with Crippen LogP contribution in [0, 0.1) is 11.8 Å². The fourth-order valence-electron chi connectivity index (χ4n) is 3.38. The number of hydrogen-bond donors (Lipinski definition) is 2. The predicted octanol–water partition coefficient (Wildman–Crippen LogP) is 1.74. The third-order valence-electron chi connectivity index (χ3n) is 4.25. The number of hydrogen-bond acceptors (Lipinski definition) is 3. The minimum absolute atomic E-state index is 0.105. The largest absolute Gasteiger partial charge is 0.398 e. The Labute approximate surface area is 108 Å². The predicted molar refractivity (Wildman–Crippen MR) is 70.4 cm³/mol. The Kier molecular flexibility index (Phi) is 2.83. The van der Waals surface area contributed by atoms with Gasteiger partial charge in [-0.25, -0.2) is 13.1 Å². The van der Waals surface area contributed by atoms with Crippen molar-refractivity contribution in [2.45, 2.75) is 36.6 Å². The maximum atomic E-state index is 12.3. The Morgan fingerprint density at radius 1 is 1.17 bits per heavy atom. The lowest BCUT2D eigenvalue weighted by molar-refractivity contribution is 0.390. The van der Waals surface area contributed by atoms with Gasteiger partial charge in [0.25, 0.3) is 0 Å². The van der Waals surface area contributed by atoms with Gasteiger partial charge in [-0.05, 0) is 43.2 Å². The van der Waals surface area contributed by atoms with Crippen molar-refractivity contribution in [2.75, 3.05) is 5.73 Å². The van der Waals surface area contributed by atoms with E-state index in [0.29, 0.717) is 11.6 Å². The van der Waals surface area contributed by atoms with Crippen LogP contribution in [-0.2, 0) is 10.0 Å². The third kappa shape index (κ3) is 2.01. The number of nitrogens with two attached hydrogens (primary N) is 1. The number of nitrogens with one attached hydrogen (secondary N) is 1. The Hall–Kier alpha value is -1.07. The Bertz CT molecular complexity index is 556. The second-order valence-electron chi connectivity index (χ2n) is 5.44. The summed E-state index contributed by atoms with van der Waals surface area (Å²) in [5, 5.41) is 0. The molecule has 0 aromatic heterocycles. The average Bonchev–Trinajstić information content (AvgIpc) is 2.90. The summed E-state index contributed by atoms with van der Waals surface area (Å²) in [4.78, 5) is 0.202. The lowest BCUT2D eigenvalue weighted by atomic mass is 9.96. The number of sulfonamides is 1. The van der Waals surface area contributed by atoms with Crippen molar-refractivity contribution in [3.63, 3.8) is 0 Å². The smallest absolute Gasteiger partial charge is 0.242 e. The highest BCUT2D eigenvalue weighted by Crippen LogP contribution is 2.44. The lowest BCUT2D eigenvalue weighted by Gasteiger charge is -2.23. The van der Waals surface area contributed by atoms with Crippen molar-refractivity contribution in [3.05, 3.63) is 24.3 Å². The summed E-state index contributed by atoms with van der Waals surface area (Å²) in [7, 11) is -3.47. The van der Waals surface area contributed by atoms with E-state index >= 15 is 0 Å². The van der Waals surface area contributed by atoms with E-state index < -0.39 is 10.0 Å². The molecular weight excluding hydrogens is 248 g/mol. The molecule has 0 amide bonds. The number of rotatable bonds is 3. The van der Waals surface area contributed by atoms with Crippen LogP contribution < -0.4 is 10.5 Å². The van der Waals surface area contributed by atoms with Gasteiger partial charge in [0.15, 0.2) is 0 Å². The van der Waals surface area contributed by atoms with Crippen LogP contribution in [0.2, 0.25) is 0 Å². The van der Waals surface area contributed by atoms with E-state index in [9.17, 15) is 8.42 Å². The molecular formula is C13H18N2O2S. The van der Waals surface area contributed by atoms with Crippen LogP contribution in [0.5, 0.6) is 0 Å². The fourth-order valence-corrected chi connectivity index (χ4v) is 4.83. The molecule has 2 aliphatic rings. The van der Waals surface area contributed by atoms with Gasteiger partial charge in [0.2, 0.25) is 10.0 Å². The molecule has 2 fully saturated rings. The van der Waals surface area contributed by atoms with Crippen molar-refractivity contribution in [1.29, 1.82) is 0 Å². The van der Waals surface area contributed by atoms with Gasteiger partial charge in [-0.3, -0.25) is 0 Å². The molecule has 0 radical (unpaired) electrons. The van der Waals surface area contributed by atoms with Gasteiger partial charge in [0.05, 0.1) is 5.69 Å². The lowest BCUT2D eigenvalue weighted by Crippen LogP contribution is -2.38. The zero-order valence-corrected chi connectivity index (χ0v) is 11.0. The standard InChI is InChI=1S/C13H18N2O2S/c14-11-3-1-2-4-13(11)18(16,17)15-12-8-9-5-6-10(12)7-9/h1-4,9-10,12,15H,5-8,14H2. The summed E-state index contributed by atoms with van der Waals surface area (Å²) in [6.45, 7) is 0. The summed E-state index contributed by atoms with van der Waals surface area (Å²) < 4.78 is 27.4. The van der Waals surface area contributed by atoms with Gasteiger partial charge < -0.3 is 5.73 Å². The molecule has 3 rings (SSSR count). The molecule has 4 nitrogen and oxygen atoms in total. The first-order valence-electron chi connectivity index (χ1n) is 6.43. The molecule has 2 bridgehead atoms. The van der Waals surface area contributed by atoms with Crippen LogP contribution in [0.15, 0.2) is 29.2 Å². The Morgan fingerprint density at radius 3 is 2.56 bits per heavy atom. The van der Waals surface area contributed by atoms with Crippen LogP contribution in [0.25, 0.3) is 0 Å². The molecule has 0 saturated heterocycles. The van der Waals surface area contributed by atoms with Crippen LogP contribution in [-0.4, -0.2) is 14.5 Å². The minimum atomic E-state index is -3.47. The first-order valence-corrected chi connectivity index (χ1v) is 7.91. The molecule has 3 unspecified atom stereocenters. The van der Waals surface area contributed by atoms with Crippen molar-refractivity contribution < 1.29 is 8.42 Å². The molecule has 18 heavy (non-hydrogen) atoms. The average molecular weight is 266 g/mol. The monoisotopic (exact) mass is 266 g/mol. The van der Waals surface area contributed by atoms with E-state index in [1.165, 1.54) is 12.8 Å². The second-order valence-corrected chi connectivity index (χ2v) is 7.12. The highest BCUT2D eigenvalue weighted by Gasteiger charge is 2.41. The minimum Gasteiger partial charge on any atom is -0.398 e. The van der Waals surface area contributed by atoms with E-state index in [0.717, 1.165) is 18.8 Å². The topological polar surface area (TPSA) is 72.2 Å². The molecule has 0 aliphatic heterocycles. The third-order valence-corrected chi connectivity index (χ3v) is 5.82. The molecule has 0 heterocycles. The second kappa shape index (κ2) is 4.24. The van der Waals surface area contributed by atoms with Gasteiger partial charge in [-0.1, -0.05) is 18.6 Å². The highest BCUT2D eigenvalue weighted by atomic mass is 32.2. The summed E-state index contributed by atoms with van der Waals surface area (Å²) in [5.41, 5.74) is 6.05. The molecule has 5 heteroatoms. The summed E-state index contributed by atoms with van der Waals surface area (Å²) in [6, 6.07) is 6.73. The van der Waals surface area contributed by atoms with E-state index in [1.807, 2.05) is 0 Å². The van der Waals surface area contributed by atoms with Crippen molar-refractivity contribution in [2.24, 2.45) is 11.8 Å². The van der Waals surface area contributed by atoms with Crippen LogP contribution in [0.3, 0.4) is 0 Å². The summed E-state index contributed by atoms with van der Waals surface area (Å²) in [6.07, 6.45) is 4.58. The molecule has 2 saturated carbocycles. The van der Waals surface area contributed by atoms with E-state index in [-0.39, 0.29) is 10.9 Å². The molecule has 1 aromatic carbocycles. The fraction of sp³-hybridized carbons (Fsp3) is 0.538. The Morgan fingerprint density at radius 2 is 1.94 bits per heavy atom. The molecule has 3 atom stereocenters. The van der Waals surface area contributed by atoms with E-state index in [1.54, 1.807) is 24.3 Å². The summed E-state index contributed by atoms with van der Waals surface area (Å²) >= 11 is 0. The number of nitrogen functional groups attached to an aromatic ring is 1. The van der Waals surface area contributed by atoms with Crippen molar-refractivity contribution in [1.82, 2.24) is 4.72 Å². The number of fused-ring (bicyclic) bond motifs is 2. The normalized spacial score (nSPS) is 30.8. The number of para-hydroxylation sites is 1. The zero-order chi connectivity index (χ0) is 12.8. The SMILES string of the molecule is Nc1ccccc1S(=O)(=O)NC1CC2CCC1C2. The quantitative estimate of drug-likeness (QED) is 0.818. The van der Waals surface area contributed by atoms with Crippen LogP contribution in [0.1, 0.15) is 25.7 Å².